The molecule has 4 nitrogen and oxygen atoms in total. The topological polar surface area (TPSA) is 72.2 Å². The van der Waals surface area contributed by atoms with Crippen LogP contribution in [0.3, 0.4) is 0 Å². The highest BCUT2D eigenvalue weighted by Crippen LogP contribution is 2.44. The van der Waals surface area contributed by atoms with E-state index in [0.29, 0.717) is 12.1 Å². The van der Waals surface area contributed by atoms with Crippen molar-refractivity contribution in [1.29, 1.82) is 0 Å². The summed E-state index contributed by atoms with van der Waals surface area (Å²) < 4.78 is 40.6. The van der Waals surface area contributed by atoms with Gasteiger partial charge in [0, 0.05) is 18.7 Å². The Hall–Kier alpha value is -0.980. The first-order valence-corrected chi connectivity index (χ1v) is 7.74. The normalized spacial score (nSPS) is 17.5. The zero-order valence-corrected chi connectivity index (χ0v) is 12.0. The minimum Gasteiger partial charge on any atom is -0.326 e. The highest BCUT2D eigenvalue weighted by Gasteiger charge is 2.38. The predicted octanol–water partition coefficient (Wildman–Crippen LogP) is 1.67. The molecular weight excluding hydrogens is 267 g/mol. The molecule has 0 aliphatic heterocycles. The number of hydrogen-bond donors (Lipinski definition) is 2. The number of rotatable bonds is 5. The molecule has 1 fully saturated rings. The van der Waals surface area contributed by atoms with Crippen LogP contribution in [-0.4, -0.2) is 15.0 Å². The molecule has 0 saturated heterocycles. The quantitative estimate of drug-likeness (QED) is 0.865. The summed E-state index contributed by atoms with van der Waals surface area (Å²) in [5.41, 5.74) is 6.02. The average molecular weight is 286 g/mol. The smallest absolute Gasteiger partial charge is 0.240 e. The van der Waals surface area contributed by atoms with E-state index < -0.39 is 15.8 Å². The van der Waals surface area contributed by atoms with Gasteiger partial charge in [0.1, 0.15) is 5.82 Å². The molecule has 1 aliphatic rings. The Morgan fingerprint density at radius 1 is 1.42 bits per heavy atom. The van der Waals surface area contributed by atoms with E-state index in [4.69, 9.17) is 5.73 Å². The maximum absolute atomic E-state index is 13.7. The number of benzene rings is 1. The van der Waals surface area contributed by atoms with E-state index >= 15 is 0 Å². The summed E-state index contributed by atoms with van der Waals surface area (Å²) in [6.07, 6.45) is 2.07. The number of hydrogen-bond acceptors (Lipinski definition) is 3. The second kappa shape index (κ2) is 4.85. The highest BCUT2D eigenvalue weighted by atomic mass is 32.2. The minimum absolute atomic E-state index is 0.0201. The molecule has 0 amide bonds. The Balaban J connectivity index is 2.26. The van der Waals surface area contributed by atoms with Crippen molar-refractivity contribution < 1.29 is 12.8 Å². The second-order valence-corrected chi connectivity index (χ2v) is 7.32. The molecule has 0 spiro atoms. The van der Waals surface area contributed by atoms with Gasteiger partial charge in [-0.25, -0.2) is 17.5 Å². The Labute approximate surface area is 113 Å². The van der Waals surface area contributed by atoms with E-state index in [-0.39, 0.29) is 22.4 Å². The molecule has 0 bridgehead atoms. The molecule has 0 unspecified atom stereocenters. The second-order valence-electron chi connectivity index (χ2n) is 5.55. The molecule has 3 N–H and O–H groups in total. The van der Waals surface area contributed by atoms with Crippen LogP contribution in [0.15, 0.2) is 17.0 Å². The van der Waals surface area contributed by atoms with Crippen LogP contribution in [0.5, 0.6) is 0 Å². The molecule has 1 saturated carbocycles. The third kappa shape index (κ3) is 3.13. The van der Waals surface area contributed by atoms with Gasteiger partial charge in [0.15, 0.2) is 0 Å². The van der Waals surface area contributed by atoms with Crippen LogP contribution in [0.25, 0.3) is 0 Å². The summed E-state index contributed by atoms with van der Waals surface area (Å²) >= 11 is 0. The molecular formula is C13H19FN2O2S. The van der Waals surface area contributed by atoms with Crippen molar-refractivity contribution in [2.75, 3.05) is 6.54 Å². The molecule has 1 aromatic rings. The number of sulfonamides is 1. The maximum atomic E-state index is 13.7. The third-order valence-corrected chi connectivity index (χ3v) is 5.01. The van der Waals surface area contributed by atoms with Crippen LogP contribution >= 0.6 is 0 Å². The van der Waals surface area contributed by atoms with Gasteiger partial charge in [-0.2, -0.15) is 0 Å². The van der Waals surface area contributed by atoms with Gasteiger partial charge in [-0.05, 0) is 42.9 Å². The molecule has 0 radical (unpaired) electrons. The van der Waals surface area contributed by atoms with Crippen molar-refractivity contribution in [3.8, 4) is 0 Å². The third-order valence-electron chi connectivity index (χ3n) is 3.63. The molecule has 1 aliphatic carbocycles. The summed E-state index contributed by atoms with van der Waals surface area (Å²) in [6, 6.07) is 2.64. The lowest BCUT2D eigenvalue weighted by Crippen LogP contribution is -2.29. The molecule has 2 rings (SSSR count). The fourth-order valence-electron chi connectivity index (χ4n) is 1.85. The molecule has 0 atom stereocenters. The van der Waals surface area contributed by atoms with Crippen LogP contribution < -0.4 is 10.5 Å². The standard InChI is InChI=1S/C13H19FN2O2S/c1-9-5-11(6-10(7-15)12(9)14)19(17,18)16-8-13(2)3-4-13/h5-6,16H,3-4,7-8,15H2,1-2H3. The summed E-state index contributed by atoms with van der Waals surface area (Å²) in [4.78, 5) is 0.0797. The first-order valence-electron chi connectivity index (χ1n) is 6.26. The lowest BCUT2D eigenvalue weighted by Gasteiger charge is -2.13. The Morgan fingerprint density at radius 3 is 2.58 bits per heavy atom. The fraction of sp³-hybridized carbons (Fsp3) is 0.538. The van der Waals surface area contributed by atoms with E-state index in [1.807, 2.05) is 6.92 Å². The van der Waals surface area contributed by atoms with Crippen molar-refractivity contribution in [1.82, 2.24) is 4.72 Å². The monoisotopic (exact) mass is 286 g/mol. The Bertz CT molecular complexity index is 595. The fourth-order valence-corrected chi connectivity index (χ4v) is 3.19. The average Bonchev–Trinajstić information content (AvgIpc) is 3.09. The van der Waals surface area contributed by atoms with Gasteiger partial charge in [0.2, 0.25) is 10.0 Å². The lowest BCUT2D eigenvalue weighted by atomic mass is 10.1. The van der Waals surface area contributed by atoms with E-state index in [2.05, 4.69) is 4.72 Å². The van der Waals surface area contributed by atoms with Crippen molar-refractivity contribution in [3.63, 3.8) is 0 Å². The minimum atomic E-state index is -3.60. The van der Waals surface area contributed by atoms with Gasteiger partial charge < -0.3 is 5.73 Å². The summed E-state index contributed by atoms with van der Waals surface area (Å²) in [6.45, 7) is 3.98. The zero-order valence-electron chi connectivity index (χ0n) is 11.2. The molecule has 6 heteroatoms. The van der Waals surface area contributed by atoms with Crippen LogP contribution in [0.1, 0.15) is 30.9 Å². The lowest BCUT2D eigenvalue weighted by molar-refractivity contribution is 0.530. The first kappa shape index (κ1) is 14.4. The molecule has 0 aromatic heterocycles. The summed E-state index contributed by atoms with van der Waals surface area (Å²) in [7, 11) is -3.60. The van der Waals surface area contributed by atoms with Crippen LogP contribution in [0.2, 0.25) is 0 Å². The number of nitrogens with two attached hydrogens (primary N) is 1. The van der Waals surface area contributed by atoms with Gasteiger partial charge in [-0.1, -0.05) is 6.92 Å². The van der Waals surface area contributed by atoms with Gasteiger partial charge in [0.25, 0.3) is 0 Å². The van der Waals surface area contributed by atoms with E-state index in [1.165, 1.54) is 19.1 Å². The van der Waals surface area contributed by atoms with E-state index in [9.17, 15) is 12.8 Å². The van der Waals surface area contributed by atoms with E-state index in [0.717, 1.165) is 12.8 Å². The van der Waals surface area contributed by atoms with Gasteiger partial charge in [0.05, 0.1) is 4.90 Å². The molecule has 0 heterocycles. The van der Waals surface area contributed by atoms with Crippen molar-refractivity contribution >= 4 is 10.0 Å². The van der Waals surface area contributed by atoms with Gasteiger partial charge in [-0.3, -0.25) is 0 Å². The Morgan fingerprint density at radius 2 is 2.05 bits per heavy atom. The molecule has 106 valence electrons. The zero-order chi connectivity index (χ0) is 14.3. The Kier molecular flexibility index (Phi) is 3.68. The van der Waals surface area contributed by atoms with Gasteiger partial charge in [-0.15, -0.1) is 0 Å². The largest absolute Gasteiger partial charge is 0.326 e. The van der Waals surface area contributed by atoms with E-state index in [1.54, 1.807) is 0 Å². The first-order chi connectivity index (χ1) is 8.77. The van der Waals surface area contributed by atoms with Crippen molar-refractivity contribution in [2.24, 2.45) is 11.1 Å². The SMILES string of the molecule is Cc1cc(S(=O)(=O)NCC2(C)CC2)cc(CN)c1F. The molecule has 1 aromatic carbocycles. The van der Waals surface area contributed by atoms with Gasteiger partial charge >= 0.3 is 0 Å². The van der Waals surface area contributed by atoms with Crippen LogP contribution in [0, 0.1) is 18.2 Å². The predicted molar refractivity (Wildman–Crippen MR) is 71.6 cm³/mol. The number of aryl methyl sites for hydroxylation is 1. The number of nitrogens with one attached hydrogen (secondary N) is 1. The number of halogens is 1. The van der Waals surface area contributed by atoms with Crippen LogP contribution in [-0.2, 0) is 16.6 Å². The molecule has 19 heavy (non-hydrogen) atoms. The van der Waals surface area contributed by atoms with Crippen molar-refractivity contribution in [2.45, 2.75) is 38.1 Å². The van der Waals surface area contributed by atoms with Crippen LogP contribution in [0.4, 0.5) is 4.39 Å². The maximum Gasteiger partial charge on any atom is 0.240 e. The highest BCUT2D eigenvalue weighted by molar-refractivity contribution is 7.89. The summed E-state index contributed by atoms with van der Waals surface area (Å²) in [5, 5.41) is 0. The van der Waals surface area contributed by atoms with Crippen molar-refractivity contribution in [3.05, 3.63) is 29.1 Å². The summed E-state index contributed by atoms with van der Waals surface area (Å²) in [5.74, 6) is -0.435.